The van der Waals surface area contributed by atoms with Crippen LogP contribution < -0.4 is 0 Å². The van der Waals surface area contributed by atoms with Gasteiger partial charge in [0.25, 0.3) is 6.43 Å². The van der Waals surface area contributed by atoms with E-state index in [0.29, 0.717) is 0 Å². The highest BCUT2D eigenvalue weighted by molar-refractivity contribution is 7.53. The number of carboxylic acids is 1. The first-order valence-corrected chi connectivity index (χ1v) is 4.56. The number of rotatable bonds is 4. The molecule has 0 radical (unpaired) electrons. The summed E-state index contributed by atoms with van der Waals surface area (Å²) in [4.78, 5) is 26.5. The van der Waals surface area contributed by atoms with Gasteiger partial charge >= 0.3 is 13.6 Å². The van der Waals surface area contributed by atoms with Crippen LogP contribution in [-0.4, -0.2) is 39.1 Å². The van der Waals surface area contributed by atoms with Crippen LogP contribution in [0.15, 0.2) is 0 Å². The molecule has 0 aromatic heterocycles. The van der Waals surface area contributed by atoms with Crippen LogP contribution >= 0.6 is 7.60 Å². The van der Waals surface area contributed by atoms with Crippen molar-refractivity contribution >= 4 is 13.6 Å². The molecule has 78 valence electrons. The molecular weight excluding hydrogens is 216 g/mol. The molecule has 0 aliphatic rings. The van der Waals surface area contributed by atoms with Crippen LogP contribution in [0.25, 0.3) is 0 Å². The minimum atomic E-state index is -5.40. The summed E-state index contributed by atoms with van der Waals surface area (Å²) in [5.74, 6) is -2.29. The van der Waals surface area contributed by atoms with Gasteiger partial charge in [0, 0.05) is 0 Å². The quantitative estimate of drug-likeness (QED) is 0.591. The van der Waals surface area contributed by atoms with Crippen molar-refractivity contribution in [3.05, 3.63) is 0 Å². The van der Waals surface area contributed by atoms with Gasteiger partial charge in [0.15, 0.2) is 11.8 Å². The maximum Gasteiger partial charge on any atom is 0.343 e. The van der Waals surface area contributed by atoms with E-state index in [-0.39, 0.29) is 0 Å². The molecule has 0 fully saturated rings. The lowest BCUT2D eigenvalue weighted by atomic mass is 10.3. The third-order valence-electron chi connectivity index (χ3n) is 1.16. The zero-order valence-corrected chi connectivity index (χ0v) is 6.87. The molecular formula is C4H6F3O5P. The van der Waals surface area contributed by atoms with E-state index in [1.165, 1.54) is 0 Å². The van der Waals surface area contributed by atoms with Crippen LogP contribution in [0.4, 0.5) is 13.2 Å². The van der Waals surface area contributed by atoms with E-state index in [0.717, 1.165) is 0 Å². The van der Waals surface area contributed by atoms with Crippen LogP contribution in [0.1, 0.15) is 0 Å². The van der Waals surface area contributed by atoms with Crippen molar-refractivity contribution in [2.45, 2.75) is 18.3 Å². The van der Waals surface area contributed by atoms with Crippen LogP contribution in [0.3, 0.4) is 0 Å². The summed E-state index contributed by atoms with van der Waals surface area (Å²) in [7, 11) is -5.40. The predicted octanol–water partition coefficient (Wildman–Crippen LogP) is 0.221. The summed E-state index contributed by atoms with van der Waals surface area (Å²) >= 11 is 0. The fraction of sp³-hybridized carbons (Fsp3) is 0.750. The van der Waals surface area contributed by atoms with Crippen molar-refractivity contribution < 1.29 is 37.4 Å². The molecule has 0 heterocycles. The molecule has 0 amide bonds. The number of alkyl halides is 3. The average Bonchev–Trinajstić information content (AvgIpc) is 1.82. The molecule has 9 heteroatoms. The Balaban J connectivity index is 4.84. The van der Waals surface area contributed by atoms with Crippen molar-refractivity contribution in [1.82, 2.24) is 0 Å². The molecule has 5 nitrogen and oxygen atoms in total. The zero-order valence-electron chi connectivity index (χ0n) is 5.97. The first-order valence-electron chi connectivity index (χ1n) is 2.88. The Labute approximate surface area is 70.3 Å². The van der Waals surface area contributed by atoms with E-state index in [1.54, 1.807) is 0 Å². The van der Waals surface area contributed by atoms with Gasteiger partial charge in [0.05, 0.1) is 0 Å². The Morgan fingerprint density at radius 2 is 1.62 bits per heavy atom. The first kappa shape index (κ1) is 12.4. The van der Waals surface area contributed by atoms with E-state index in [9.17, 15) is 22.5 Å². The molecule has 2 unspecified atom stereocenters. The molecule has 0 rings (SSSR count). The van der Waals surface area contributed by atoms with E-state index >= 15 is 0 Å². The number of hydrogen-bond donors (Lipinski definition) is 3. The normalized spacial score (nSPS) is 17.1. The number of carbonyl (C=O) groups is 1. The summed E-state index contributed by atoms with van der Waals surface area (Å²) in [6.07, 6.45) is -7.12. The predicted molar refractivity (Wildman–Crippen MR) is 34.4 cm³/mol. The Hall–Kier alpha value is -0.590. The van der Waals surface area contributed by atoms with Crippen LogP contribution in [0.2, 0.25) is 0 Å². The summed E-state index contributed by atoms with van der Waals surface area (Å²) in [6.45, 7) is 0. The summed E-state index contributed by atoms with van der Waals surface area (Å²) < 4.78 is 45.7. The largest absolute Gasteiger partial charge is 0.480 e. The smallest absolute Gasteiger partial charge is 0.343 e. The number of hydrogen-bond acceptors (Lipinski definition) is 2. The van der Waals surface area contributed by atoms with Gasteiger partial charge in [-0.15, -0.1) is 0 Å². The fourth-order valence-electron chi connectivity index (χ4n) is 0.603. The highest BCUT2D eigenvalue weighted by atomic mass is 31.2. The molecule has 0 aliphatic heterocycles. The van der Waals surface area contributed by atoms with Crippen LogP contribution in [-0.2, 0) is 9.36 Å². The highest BCUT2D eigenvalue weighted by Crippen LogP contribution is 2.45. The maximum atomic E-state index is 12.3. The minimum Gasteiger partial charge on any atom is -0.480 e. The summed E-state index contributed by atoms with van der Waals surface area (Å²) in [5, 5.41) is 8.06. The molecule has 13 heavy (non-hydrogen) atoms. The molecule has 0 saturated heterocycles. The van der Waals surface area contributed by atoms with E-state index in [1.807, 2.05) is 0 Å². The molecule has 3 N–H and O–H groups in total. The molecule has 0 aromatic rings. The van der Waals surface area contributed by atoms with Gasteiger partial charge < -0.3 is 14.9 Å². The second-order valence-electron chi connectivity index (χ2n) is 2.15. The van der Waals surface area contributed by atoms with Crippen LogP contribution in [0.5, 0.6) is 0 Å². The lowest BCUT2D eigenvalue weighted by Crippen LogP contribution is -2.35. The fourth-order valence-corrected chi connectivity index (χ4v) is 1.39. The summed E-state index contributed by atoms with van der Waals surface area (Å²) in [6, 6.07) is 0. The van der Waals surface area contributed by atoms with Crippen molar-refractivity contribution in [1.29, 1.82) is 0 Å². The standard InChI is InChI=1S/C4H6F3O5P/c5-1(3(6)7)2(4(8)9)13(10,11)12/h1-3H,(H,8,9)(H2,10,11,12). The lowest BCUT2D eigenvalue weighted by molar-refractivity contribution is -0.139. The Bertz CT molecular complexity index is 238. The third kappa shape index (κ3) is 3.33. The van der Waals surface area contributed by atoms with Crippen molar-refractivity contribution in [3.63, 3.8) is 0 Å². The molecule has 0 spiro atoms. The first-order chi connectivity index (χ1) is 5.68. The van der Waals surface area contributed by atoms with Crippen molar-refractivity contribution in [2.24, 2.45) is 0 Å². The Kier molecular flexibility index (Phi) is 3.89. The highest BCUT2D eigenvalue weighted by Gasteiger charge is 2.47. The SMILES string of the molecule is O=C(O)C(C(F)C(F)F)P(=O)(O)O. The number of carboxylic acid groups (broad SMARTS) is 1. The topological polar surface area (TPSA) is 94.8 Å². The van der Waals surface area contributed by atoms with Gasteiger partial charge in [0.1, 0.15) is 0 Å². The maximum absolute atomic E-state index is 12.3. The molecule has 2 atom stereocenters. The average molecular weight is 222 g/mol. The van der Waals surface area contributed by atoms with Crippen molar-refractivity contribution in [3.8, 4) is 0 Å². The van der Waals surface area contributed by atoms with Crippen molar-refractivity contribution in [2.75, 3.05) is 0 Å². The second-order valence-corrected chi connectivity index (χ2v) is 3.89. The third-order valence-corrected chi connectivity index (χ3v) is 2.39. The van der Waals surface area contributed by atoms with E-state index in [2.05, 4.69) is 0 Å². The monoisotopic (exact) mass is 222 g/mol. The molecule has 0 aliphatic carbocycles. The number of halogens is 3. The van der Waals surface area contributed by atoms with Gasteiger partial charge in [-0.2, -0.15) is 0 Å². The van der Waals surface area contributed by atoms with Gasteiger partial charge in [0.2, 0.25) is 0 Å². The van der Waals surface area contributed by atoms with Gasteiger partial charge in [-0.25, -0.2) is 13.2 Å². The lowest BCUT2D eigenvalue weighted by Gasteiger charge is -2.16. The molecule has 0 saturated carbocycles. The van der Waals surface area contributed by atoms with Gasteiger partial charge in [-0.1, -0.05) is 0 Å². The zero-order chi connectivity index (χ0) is 10.8. The van der Waals surface area contributed by atoms with E-state index < -0.39 is 31.8 Å². The Morgan fingerprint density at radius 3 is 1.69 bits per heavy atom. The van der Waals surface area contributed by atoms with E-state index in [4.69, 9.17) is 14.9 Å². The van der Waals surface area contributed by atoms with Gasteiger partial charge in [-0.05, 0) is 0 Å². The second kappa shape index (κ2) is 4.08. The van der Waals surface area contributed by atoms with Crippen LogP contribution in [0, 0.1) is 0 Å². The molecule has 0 aromatic carbocycles. The van der Waals surface area contributed by atoms with Gasteiger partial charge in [-0.3, -0.25) is 9.36 Å². The summed E-state index contributed by atoms with van der Waals surface area (Å²) in [5.41, 5.74) is -3.01. The minimum absolute atomic E-state index is 2.29. The Morgan fingerprint density at radius 1 is 1.23 bits per heavy atom. The number of aliphatic carboxylic acids is 1. The molecule has 0 bridgehead atoms.